The summed E-state index contributed by atoms with van der Waals surface area (Å²) in [6, 6.07) is 5.81. The van der Waals surface area contributed by atoms with Crippen molar-refractivity contribution in [1.82, 2.24) is 15.3 Å². The zero-order valence-electron chi connectivity index (χ0n) is 17.3. The molecule has 2 atom stereocenters. The average molecular weight is 380 g/mol. The molecule has 2 unspecified atom stereocenters. The van der Waals surface area contributed by atoms with Crippen LogP contribution in [0.4, 0.5) is 0 Å². The van der Waals surface area contributed by atoms with Gasteiger partial charge in [0.05, 0.1) is 17.9 Å². The standard InChI is InChI=1S/C22H28N4O2/c1-13-8-7-9-15(14(13)2)10-16-18(27)26-17(19(28)25-16)11-22(6)20(21(3,4)5)23-12-24-22/h7-12,20H,1-6H3,(H,23,24)(H,25,28)(H,26,27)/b16-10-,17-11-. The van der Waals surface area contributed by atoms with E-state index in [1.165, 1.54) is 0 Å². The highest BCUT2D eigenvalue weighted by molar-refractivity contribution is 5.65. The van der Waals surface area contributed by atoms with Crippen molar-refractivity contribution in [3.05, 3.63) is 66.3 Å². The van der Waals surface area contributed by atoms with E-state index >= 15 is 0 Å². The molecule has 1 aromatic heterocycles. The summed E-state index contributed by atoms with van der Waals surface area (Å²) >= 11 is 0. The van der Waals surface area contributed by atoms with Crippen molar-refractivity contribution >= 4 is 18.5 Å². The lowest BCUT2D eigenvalue weighted by Gasteiger charge is -2.36. The van der Waals surface area contributed by atoms with E-state index in [1.807, 2.05) is 39.0 Å². The van der Waals surface area contributed by atoms with E-state index < -0.39 is 5.54 Å². The van der Waals surface area contributed by atoms with Crippen LogP contribution in [0.5, 0.6) is 0 Å². The Morgan fingerprint density at radius 3 is 2.39 bits per heavy atom. The highest BCUT2D eigenvalue weighted by atomic mass is 16.1. The minimum atomic E-state index is -0.563. The third-order valence-electron chi connectivity index (χ3n) is 5.36. The molecule has 3 rings (SSSR count). The number of rotatable bonds is 2. The number of nitrogens with one attached hydrogen (secondary N) is 3. The summed E-state index contributed by atoms with van der Waals surface area (Å²) in [6.45, 7) is 12.3. The van der Waals surface area contributed by atoms with Gasteiger partial charge in [-0.1, -0.05) is 39.0 Å². The third-order valence-corrected chi connectivity index (χ3v) is 5.36. The number of aryl methyl sites for hydroxylation is 1. The molecular formula is C22H28N4O2. The van der Waals surface area contributed by atoms with Crippen LogP contribution in [0.1, 0.15) is 44.4 Å². The average Bonchev–Trinajstić information content (AvgIpc) is 2.98. The first-order valence-corrected chi connectivity index (χ1v) is 9.44. The summed E-state index contributed by atoms with van der Waals surface area (Å²) < 4.78 is 0. The Kier molecular flexibility index (Phi) is 4.91. The minimum absolute atomic E-state index is 0.0657. The molecule has 0 spiro atoms. The molecule has 0 saturated carbocycles. The smallest absolute Gasteiger partial charge is 0.272 e. The molecule has 28 heavy (non-hydrogen) atoms. The van der Waals surface area contributed by atoms with Crippen molar-refractivity contribution in [1.29, 1.82) is 0 Å². The summed E-state index contributed by atoms with van der Waals surface area (Å²) in [5.41, 5.74) is 1.78. The van der Waals surface area contributed by atoms with Gasteiger partial charge in [0.2, 0.25) is 0 Å². The van der Waals surface area contributed by atoms with Gasteiger partial charge >= 0.3 is 0 Å². The van der Waals surface area contributed by atoms with E-state index in [4.69, 9.17) is 0 Å². The van der Waals surface area contributed by atoms with Crippen molar-refractivity contribution in [3.8, 4) is 0 Å². The molecule has 0 amide bonds. The fourth-order valence-electron chi connectivity index (χ4n) is 3.81. The van der Waals surface area contributed by atoms with Crippen LogP contribution >= 0.6 is 0 Å². The monoisotopic (exact) mass is 380 g/mol. The largest absolute Gasteiger partial charge is 0.366 e. The lowest BCUT2D eigenvalue weighted by atomic mass is 9.76. The van der Waals surface area contributed by atoms with Gasteiger partial charge in [-0.25, -0.2) is 0 Å². The molecule has 0 radical (unpaired) electrons. The number of aromatic amines is 2. The highest BCUT2D eigenvalue weighted by Gasteiger charge is 2.42. The molecule has 2 heterocycles. The molecule has 1 aromatic carbocycles. The van der Waals surface area contributed by atoms with Crippen molar-refractivity contribution in [2.45, 2.75) is 53.1 Å². The number of H-pyrrole nitrogens is 2. The Morgan fingerprint density at radius 2 is 1.71 bits per heavy atom. The first-order valence-electron chi connectivity index (χ1n) is 9.44. The SMILES string of the molecule is Cc1cccc(/C=c2\[nH]c(=O)/c(=C/C3(C)NC=NC3C(C)(C)C)[nH]c2=O)c1C. The van der Waals surface area contributed by atoms with Gasteiger partial charge in [-0.2, -0.15) is 0 Å². The molecule has 3 N–H and O–H groups in total. The van der Waals surface area contributed by atoms with E-state index in [0.717, 1.165) is 16.7 Å². The van der Waals surface area contributed by atoms with Gasteiger partial charge in [0.25, 0.3) is 11.1 Å². The topological polar surface area (TPSA) is 90.1 Å². The molecule has 6 nitrogen and oxygen atoms in total. The second kappa shape index (κ2) is 6.93. The van der Waals surface area contributed by atoms with Crippen LogP contribution in [0.2, 0.25) is 0 Å². The first-order chi connectivity index (χ1) is 13.0. The molecule has 2 aromatic rings. The van der Waals surface area contributed by atoms with Crippen molar-refractivity contribution in [2.24, 2.45) is 10.4 Å². The van der Waals surface area contributed by atoms with Gasteiger partial charge in [-0.05, 0) is 55.0 Å². The van der Waals surface area contributed by atoms with E-state index in [1.54, 1.807) is 18.5 Å². The van der Waals surface area contributed by atoms with Crippen LogP contribution in [-0.4, -0.2) is 27.9 Å². The van der Waals surface area contributed by atoms with Crippen LogP contribution in [-0.2, 0) is 0 Å². The first kappa shape index (κ1) is 19.9. The van der Waals surface area contributed by atoms with Crippen LogP contribution in [0, 0.1) is 19.3 Å². The van der Waals surface area contributed by atoms with E-state index in [2.05, 4.69) is 41.0 Å². The maximum atomic E-state index is 12.7. The summed E-state index contributed by atoms with van der Waals surface area (Å²) in [5.74, 6) is 0. The number of hydrogen-bond donors (Lipinski definition) is 3. The predicted molar refractivity (Wildman–Crippen MR) is 114 cm³/mol. The maximum Gasteiger partial charge on any atom is 0.272 e. The lowest BCUT2D eigenvalue weighted by Crippen LogP contribution is -2.54. The molecule has 1 aliphatic heterocycles. The Morgan fingerprint density at radius 1 is 1.07 bits per heavy atom. The van der Waals surface area contributed by atoms with Crippen molar-refractivity contribution < 1.29 is 0 Å². The summed E-state index contributed by atoms with van der Waals surface area (Å²) in [6.07, 6.45) is 5.14. The molecule has 0 aliphatic carbocycles. The van der Waals surface area contributed by atoms with Gasteiger partial charge in [-0.3, -0.25) is 14.6 Å². The Bertz CT molecular complexity index is 1160. The Balaban J connectivity index is 2.12. The lowest BCUT2D eigenvalue weighted by molar-refractivity contribution is 0.262. The molecule has 0 saturated heterocycles. The van der Waals surface area contributed by atoms with Gasteiger partial charge in [-0.15, -0.1) is 0 Å². The molecule has 0 fully saturated rings. The fraction of sp³-hybridized carbons (Fsp3) is 0.409. The van der Waals surface area contributed by atoms with Gasteiger partial charge in [0, 0.05) is 0 Å². The number of aliphatic imine (C=N–C) groups is 1. The number of hydrogen-bond acceptors (Lipinski definition) is 4. The summed E-state index contributed by atoms with van der Waals surface area (Å²) in [5, 5.41) is 3.70. The minimum Gasteiger partial charge on any atom is -0.366 e. The Hall–Kier alpha value is -2.89. The quantitative estimate of drug-likeness (QED) is 0.729. The third kappa shape index (κ3) is 3.72. The second-order valence-electron chi connectivity index (χ2n) is 8.79. The maximum absolute atomic E-state index is 12.7. The van der Waals surface area contributed by atoms with E-state index in [0.29, 0.717) is 0 Å². The van der Waals surface area contributed by atoms with E-state index in [-0.39, 0.29) is 33.3 Å². The summed E-state index contributed by atoms with van der Waals surface area (Å²) in [7, 11) is 0. The Labute approximate surface area is 164 Å². The van der Waals surface area contributed by atoms with Gasteiger partial charge in [0.15, 0.2) is 0 Å². The number of benzene rings is 1. The van der Waals surface area contributed by atoms with Crippen LogP contribution < -0.4 is 27.1 Å². The number of aromatic nitrogens is 2. The molecular weight excluding hydrogens is 352 g/mol. The molecule has 1 aliphatic rings. The van der Waals surface area contributed by atoms with E-state index in [9.17, 15) is 9.59 Å². The second-order valence-corrected chi connectivity index (χ2v) is 8.79. The number of nitrogens with zero attached hydrogens (tertiary/aromatic N) is 1. The fourth-order valence-corrected chi connectivity index (χ4v) is 3.81. The normalized spacial score (nSPS) is 23.3. The summed E-state index contributed by atoms with van der Waals surface area (Å²) in [4.78, 5) is 35.3. The van der Waals surface area contributed by atoms with Gasteiger partial charge in [0.1, 0.15) is 10.7 Å². The zero-order valence-corrected chi connectivity index (χ0v) is 17.3. The predicted octanol–water partition coefficient (Wildman–Crippen LogP) is 1.09. The molecule has 0 bridgehead atoms. The van der Waals surface area contributed by atoms with Gasteiger partial charge < -0.3 is 15.3 Å². The highest BCUT2D eigenvalue weighted by Crippen LogP contribution is 2.33. The zero-order chi connectivity index (χ0) is 20.7. The van der Waals surface area contributed by atoms with Crippen molar-refractivity contribution in [2.75, 3.05) is 0 Å². The molecule has 148 valence electrons. The van der Waals surface area contributed by atoms with Crippen LogP contribution in [0.25, 0.3) is 12.2 Å². The molecule has 6 heteroatoms. The van der Waals surface area contributed by atoms with Crippen LogP contribution in [0.3, 0.4) is 0 Å². The van der Waals surface area contributed by atoms with Crippen LogP contribution in [0.15, 0.2) is 32.8 Å². The van der Waals surface area contributed by atoms with Crippen molar-refractivity contribution in [3.63, 3.8) is 0 Å².